The van der Waals surface area contributed by atoms with Crippen molar-refractivity contribution in [3.05, 3.63) is 29.6 Å². The molecule has 0 aromatic heterocycles. The predicted molar refractivity (Wildman–Crippen MR) is 51.6 cm³/mol. The Morgan fingerprint density at radius 1 is 1.57 bits per heavy atom. The van der Waals surface area contributed by atoms with Crippen LogP contribution in [0.1, 0.15) is 18.1 Å². The Kier molecular flexibility index (Phi) is 3.85. The number of hydrogen-bond donors (Lipinski definition) is 2. The molecule has 0 saturated heterocycles. The van der Waals surface area contributed by atoms with Gasteiger partial charge in [0.25, 0.3) is 0 Å². The zero-order valence-electron chi connectivity index (χ0n) is 8.03. The molecule has 78 valence electrons. The maximum absolute atomic E-state index is 13.3. The van der Waals surface area contributed by atoms with Crippen molar-refractivity contribution < 1.29 is 14.2 Å². The third-order valence-electron chi connectivity index (χ3n) is 2.01. The molecule has 0 bridgehead atoms. The summed E-state index contributed by atoms with van der Waals surface area (Å²) in [5.74, 6) is -0.115. The zero-order chi connectivity index (χ0) is 10.6. The summed E-state index contributed by atoms with van der Waals surface area (Å²) in [6.07, 6.45) is -0.590. The number of aliphatic hydroxyl groups excluding tert-OH is 1. The van der Waals surface area contributed by atoms with Crippen LogP contribution in [0.3, 0.4) is 0 Å². The predicted octanol–water partition coefficient (Wildman–Crippen LogP) is 1.22. The van der Waals surface area contributed by atoms with E-state index >= 15 is 0 Å². The monoisotopic (exact) mass is 199 g/mol. The highest BCUT2D eigenvalue weighted by atomic mass is 19.1. The van der Waals surface area contributed by atoms with Gasteiger partial charge in [0.15, 0.2) is 0 Å². The van der Waals surface area contributed by atoms with Gasteiger partial charge < -0.3 is 15.6 Å². The summed E-state index contributed by atoms with van der Waals surface area (Å²) in [6.45, 7) is 0.304. The second-order valence-electron chi connectivity index (χ2n) is 2.95. The molecular formula is C10H14FNO2. The molecule has 3 N–H and O–H groups in total. The lowest BCUT2D eigenvalue weighted by molar-refractivity contribution is 0.161. The Hall–Kier alpha value is -1.13. The molecule has 14 heavy (non-hydrogen) atoms. The number of rotatable bonds is 4. The summed E-state index contributed by atoms with van der Waals surface area (Å²) in [5, 5.41) is 9.61. The fourth-order valence-electron chi connectivity index (χ4n) is 1.32. The number of benzene rings is 1. The lowest BCUT2D eigenvalue weighted by Gasteiger charge is -2.14. The first-order valence-electron chi connectivity index (χ1n) is 4.41. The second-order valence-corrected chi connectivity index (χ2v) is 2.95. The standard InChI is InChI=1S/C10H14FNO2/c1-14-9-4-2-3-7(11)10(9)8(13)5-6-12/h2-4,8,13H,5-6,12H2,1H3. The van der Waals surface area contributed by atoms with Crippen LogP contribution in [0.5, 0.6) is 5.75 Å². The van der Waals surface area contributed by atoms with Crippen LogP contribution >= 0.6 is 0 Å². The average Bonchev–Trinajstić information content (AvgIpc) is 2.17. The van der Waals surface area contributed by atoms with E-state index in [1.54, 1.807) is 6.07 Å². The van der Waals surface area contributed by atoms with Gasteiger partial charge in [0.1, 0.15) is 11.6 Å². The lowest BCUT2D eigenvalue weighted by Crippen LogP contribution is -2.09. The van der Waals surface area contributed by atoms with E-state index in [4.69, 9.17) is 10.5 Å². The summed E-state index contributed by atoms with van der Waals surface area (Å²) < 4.78 is 18.3. The van der Waals surface area contributed by atoms with Crippen molar-refractivity contribution in [2.75, 3.05) is 13.7 Å². The van der Waals surface area contributed by atoms with E-state index in [1.807, 2.05) is 0 Å². The van der Waals surface area contributed by atoms with E-state index in [0.717, 1.165) is 0 Å². The fraction of sp³-hybridized carbons (Fsp3) is 0.400. The van der Waals surface area contributed by atoms with Crippen LogP contribution in [0, 0.1) is 5.82 Å². The number of methoxy groups -OCH3 is 1. The maximum Gasteiger partial charge on any atom is 0.132 e. The molecule has 0 fully saturated rings. The normalized spacial score (nSPS) is 12.6. The summed E-state index contributed by atoms with van der Waals surface area (Å²) >= 11 is 0. The molecule has 1 unspecified atom stereocenters. The molecule has 0 saturated carbocycles. The molecule has 0 heterocycles. The minimum atomic E-state index is -0.906. The van der Waals surface area contributed by atoms with E-state index in [2.05, 4.69) is 0 Å². The Morgan fingerprint density at radius 3 is 2.86 bits per heavy atom. The third kappa shape index (κ3) is 2.21. The van der Waals surface area contributed by atoms with Crippen LogP contribution in [0.15, 0.2) is 18.2 Å². The minimum absolute atomic E-state index is 0.181. The summed E-state index contributed by atoms with van der Waals surface area (Å²) in [7, 11) is 1.44. The summed E-state index contributed by atoms with van der Waals surface area (Å²) in [4.78, 5) is 0. The van der Waals surface area contributed by atoms with Crippen LogP contribution in [-0.2, 0) is 0 Å². The zero-order valence-corrected chi connectivity index (χ0v) is 8.03. The van der Waals surface area contributed by atoms with Gasteiger partial charge in [-0.15, -0.1) is 0 Å². The third-order valence-corrected chi connectivity index (χ3v) is 2.01. The van der Waals surface area contributed by atoms with E-state index in [-0.39, 0.29) is 5.56 Å². The van der Waals surface area contributed by atoms with E-state index in [0.29, 0.717) is 18.7 Å². The molecule has 0 spiro atoms. The number of nitrogens with two attached hydrogens (primary N) is 1. The topological polar surface area (TPSA) is 55.5 Å². The van der Waals surface area contributed by atoms with Gasteiger partial charge in [-0.25, -0.2) is 4.39 Å². The molecule has 1 rings (SSSR count). The molecule has 0 aliphatic rings. The van der Waals surface area contributed by atoms with Crippen molar-refractivity contribution in [3.8, 4) is 5.75 Å². The van der Waals surface area contributed by atoms with Crippen LogP contribution in [0.25, 0.3) is 0 Å². The molecule has 3 nitrogen and oxygen atoms in total. The van der Waals surface area contributed by atoms with Gasteiger partial charge >= 0.3 is 0 Å². The van der Waals surface area contributed by atoms with Gasteiger partial charge in [-0.05, 0) is 25.1 Å². The molecular weight excluding hydrogens is 185 g/mol. The summed E-state index contributed by atoms with van der Waals surface area (Å²) in [6, 6.07) is 4.43. The van der Waals surface area contributed by atoms with Crippen molar-refractivity contribution in [2.24, 2.45) is 5.73 Å². The maximum atomic E-state index is 13.3. The number of ether oxygens (including phenoxy) is 1. The van der Waals surface area contributed by atoms with Gasteiger partial charge in [-0.2, -0.15) is 0 Å². The number of hydrogen-bond acceptors (Lipinski definition) is 3. The van der Waals surface area contributed by atoms with Crippen LogP contribution < -0.4 is 10.5 Å². The second kappa shape index (κ2) is 4.93. The van der Waals surface area contributed by atoms with Crippen molar-refractivity contribution in [1.29, 1.82) is 0 Å². The number of halogens is 1. The van der Waals surface area contributed by atoms with Crippen molar-refractivity contribution >= 4 is 0 Å². The Labute approximate surface area is 82.3 Å². The molecule has 0 radical (unpaired) electrons. The first-order chi connectivity index (χ1) is 6.70. The SMILES string of the molecule is COc1cccc(F)c1C(O)CCN. The van der Waals surface area contributed by atoms with Crippen molar-refractivity contribution in [3.63, 3.8) is 0 Å². The first-order valence-corrected chi connectivity index (χ1v) is 4.41. The van der Waals surface area contributed by atoms with Gasteiger partial charge in [-0.1, -0.05) is 6.07 Å². The highest BCUT2D eigenvalue weighted by Gasteiger charge is 2.16. The van der Waals surface area contributed by atoms with E-state index < -0.39 is 11.9 Å². The largest absolute Gasteiger partial charge is 0.496 e. The molecule has 0 amide bonds. The Balaban J connectivity index is 3.03. The van der Waals surface area contributed by atoms with Crippen molar-refractivity contribution in [2.45, 2.75) is 12.5 Å². The fourth-order valence-corrected chi connectivity index (χ4v) is 1.32. The van der Waals surface area contributed by atoms with Gasteiger partial charge in [0.05, 0.1) is 18.8 Å². The Morgan fingerprint density at radius 2 is 2.29 bits per heavy atom. The van der Waals surface area contributed by atoms with E-state index in [1.165, 1.54) is 19.2 Å². The van der Waals surface area contributed by atoms with Crippen LogP contribution in [0.4, 0.5) is 4.39 Å². The summed E-state index contributed by atoms with van der Waals surface area (Å²) in [5.41, 5.74) is 5.47. The quantitative estimate of drug-likeness (QED) is 0.766. The molecule has 0 aliphatic carbocycles. The van der Waals surface area contributed by atoms with Crippen molar-refractivity contribution in [1.82, 2.24) is 0 Å². The Bertz CT molecular complexity index is 304. The average molecular weight is 199 g/mol. The molecule has 1 atom stereocenters. The van der Waals surface area contributed by atoms with Crippen LogP contribution in [-0.4, -0.2) is 18.8 Å². The molecule has 4 heteroatoms. The van der Waals surface area contributed by atoms with Gasteiger partial charge in [0, 0.05) is 0 Å². The molecule has 1 aromatic rings. The van der Waals surface area contributed by atoms with Gasteiger partial charge in [-0.3, -0.25) is 0 Å². The lowest BCUT2D eigenvalue weighted by atomic mass is 10.0. The highest BCUT2D eigenvalue weighted by molar-refractivity contribution is 5.36. The van der Waals surface area contributed by atoms with E-state index in [9.17, 15) is 9.50 Å². The van der Waals surface area contributed by atoms with Gasteiger partial charge in [0.2, 0.25) is 0 Å². The smallest absolute Gasteiger partial charge is 0.132 e. The highest BCUT2D eigenvalue weighted by Crippen LogP contribution is 2.29. The van der Waals surface area contributed by atoms with Crippen LogP contribution in [0.2, 0.25) is 0 Å². The number of aliphatic hydroxyl groups is 1. The minimum Gasteiger partial charge on any atom is -0.496 e. The molecule has 0 aliphatic heterocycles. The molecule has 1 aromatic carbocycles. The first kappa shape index (κ1) is 10.9.